The molecular weight excluding hydrogens is 292 g/mol. The first-order valence-corrected chi connectivity index (χ1v) is 7.01. The Balaban J connectivity index is 1.95. The Morgan fingerprint density at radius 2 is 2.19 bits per heavy atom. The van der Waals surface area contributed by atoms with Crippen LogP contribution < -0.4 is 5.32 Å². The Hall–Kier alpha value is -2.49. The van der Waals surface area contributed by atoms with E-state index < -0.39 is 0 Å². The molecule has 0 spiro atoms. The van der Waals surface area contributed by atoms with Gasteiger partial charge in [0.15, 0.2) is 0 Å². The third-order valence-corrected chi connectivity index (χ3v) is 3.07. The smallest absolute Gasteiger partial charge is 0.263 e. The summed E-state index contributed by atoms with van der Waals surface area (Å²) in [6.45, 7) is 4.51. The Kier molecular flexibility index (Phi) is 3.77. The molecule has 0 atom stereocenters. The van der Waals surface area contributed by atoms with Crippen LogP contribution in [0.25, 0.3) is 5.95 Å². The fourth-order valence-electron chi connectivity index (χ4n) is 1.50. The zero-order chi connectivity index (χ0) is 14.7. The van der Waals surface area contributed by atoms with Crippen molar-refractivity contribution in [2.45, 2.75) is 24.2 Å². The van der Waals surface area contributed by atoms with Crippen LogP contribution in [0, 0.1) is 6.92 Å². The number of nitrogens with zero attached hydrogens (tertiary/aromatic N) is 7. The standard InChI is InChI=1S/C11H12N8OS/c1-3-13-8-16-9(19-6-12-5-14-19)18-10(17-8)21-11-15-7(2)4-20-11/h4-6H,3H2,1-2H3,(H,13,16,17,18). The van der Waals surface area contributed by atoms with Gasteiger partial charge in [-0.15, -0.1) is 0 Å². The Bertz CT molecular complexity index is 726. The van der Waals surface area contributed by atoms with Crippen molar-refractivity contribution in [2.75, 3.05) is 11.9 Å². The number of aromatic nitrogens is 7. The summed E-state index contributed by atoms with van der Waals surface area (Å²) in [5.74, 6) is 0.841. The molecular formula is C11H12N8OS. The van der Waals surface area contributed by atoms with Gasteiger partial charge in [0.1, 0.15) is 18.9 Å². The molecule has 108 valence electrons. The molecule has 0 saturated carbocycles. The normalized spacial score (nSPS) is 10.8. The van der Waals surface area contributed by atoms with Crippen LogP contribution in [-0.4, -0.2) is 41.2 Å². The summed E-state index contributed by atoms with van der Waals surface area (Å²) in [5.41, 5.74) is 0.801. The largest absolute Gasteiger partial charge is 0.439 e. The Labute approximate surface area is 124 Å². The van der Waals surface area contributed by atoms with Crippen LogP contribution >= 0.6 is 11.8 Å². The molecule has 3 aromatic heterocycles. The molecule has 0 saturated heterocycles. The van der Waals surface area contributed by atoms with Crippen LogP contribution in [0.1, 0.15) is 12.6 Å². The van der Waals surface area contributed by atoms with Crippen LogP contribution in [0.4, 0.5) is 5.95 Å². The molecule has 3 heterocycles. The van der Waals surface area contributed by atoms with E-state index in [1.807, 2.05) is 13.8 Å². The first kappa shape index (κ1) is 13.5. The molecule has 3 aromatic rings. The lowest BCUT2D eigenvalue weighted by Gasteiger charge is -2.05. The summed E-state index contributed by atoms with van der Waals surface area (Å²) in [7, 11) is 0. The van der Waals surface area contributed by atoms with Crippen molar-refractivity contribution in [3.8, 4) is 5.95 Å². The molecule has 0 radical (unpaired) electrons. The summed E-state index contributed by atoms with van der Waals surface area (Å²) in [6, 6.07) is 0. The van der Waals surface area contributed by atoms with E-state index in [-0.39, 0.29) is 0 Å². The fraction of sp³-hybridized carbons (Fsp3) is 0.273. The zero-order valence-corrected chi connectivity index (χ0v) is 12.2. The second kappa shape index (κ2) is 5.87. The van der Waals surface area contributed by atoms with E-state index in [4.69, 9.17) is 4.42 Å². The van der Waals surface area contributed by atoms with Gasteiger partial charge in [-0.3, -0.25) is 0 Å². The van der Waals surface area contributed by atoms with E-state index in [0.717, 1.165) is 5.69 Å². The first-order chi connectivity index (χ1) is 10.2. The number of oxazole rings is 1. The molecule has 0 unspecified atom stereocenters. The predicted octanol–water partition coefficient (Wildman–Crippen LogP) is 1.33. The van der Waals surface area contributed by atoms with E-state index in [1.165, 1.54) is 29.1 Å². The second-order valence-corrected chi connectivity index (χ2v) is 4.89. The van der Waals surface area contributed by atoms with Gasteiger partial charge >= 0.3 is 0 Å². The van der Waals surface area contributed by atoms with Crippen LogP contribution in [0.15, 0.2) is 33.7 Å². The summed E-state index contributed by atoms with van der Waals surface area (Å²) in [6.07, 6.45) is 4.52. The second-order valence-electron chi connectivity index (χ2n) is 3.97. The highest BCUT2D eigenvalue weighted by Crippen LogP contribution is 2.24. The van der Waals surface area contributed by atoms with Crippen LogP contribution in [0.2, 0.25) is 0 Å². The number of anilines is 1. The van der Waals surface area contributed by atoms with Gasteiger partial charge in [-0.05, 0) is 13.8 Å². The van der Waals surface area contributed by atoms with Crippen molar-refractivity contribution in [1.82, 2.24) is 34.7 Å². The minimum atomic E-state index is 0.379. The number of hydrogen-bond acceptors (Lipinski definition) is 9. The van der Waals surface area contributed by atoms with Crippen molar-refractivity contribution in [3.63, 3.8) is 0 Å². The van der Waals surface area contributed by atoms with Crippen molar-refractivity contribution in [3.05, 3.63) is 24.6 Å². The third kappa shape index (κ3) is 3.16. The van der Waals surface area contributed by atoms with Crippen LogP contribution in [-0.2, 0) is 0 Å². The van der Waals surface area contributed by atoms with Gasteiger partial charge in [-0.25, -0.2) is 9.97 Å². The SMILES string of the molecule is CCNc1nc(Sc2nc(C)co2)nc(-n2cncn2)n1. The number of rotatable bonds is 5. The van der Waals surface area contributed by atoms with Crippen LogP contribution in [0.3, 0.4) is 0 Å². The van der Waals surface area contributed by atoms with Gasteiger partial charge in [0.25, 0.3) is 11.2 Å². The maximum absolute atomic E-state index is 5.29. The third-order valence-electron chi connectivity index (χ3n) is 2.34. The van der Waals surface area contributed by atoms with E-state index in [1.54, 1.807) is 6.26 Å². The minimum absolute atomic E-state index is 0.379. The molecule has 0 aliphatic heterocycles. The van der Waals surface area contributed by atoms with Crippen molar-refractivity contribution >= 4 is 17.7 Å². The average molecular weight is 304 g/mol. The maximum Gasteiger partial charge on any atom is 0.263 e. The Morgan fingerprint density at radius 1 is 1.29 bits per heavy atom. The minimum Gasteiger partial charge on any atom is -0.439 e. The molecule has 21 heavy (non-hydrogen) atoms. The topological polar surface area (TPSA) is 107 Å². The van der Waals surface area contributed by atoms with Crippen molar-refractivity contribution < 1.29 is 4.42 Å². The van der Waals surface area contributed by atoms with Gasteiger partial charge in [0.2, 0.25) is 11.1 Å². The lowest BCUT2D eigenvalue weighted by molar-refractivity contribution is 0.453. The number of aryl methyl sites for hydroxylation is 1. The molecule has 9 nitrogen and oxygen atoms in total. The average Bonchev–Trinajstić information content (AvgIpc) is 3.11. The molecule has 0 aromatic carbocycles. The fourth-order valence-corrected chi connectivity index (χ4v) is 2.20. The molecule has 1 N–H and O–H groups in total. The predicted molar refractivity (Wildman–Crippen MR) is 74.3 cm³/mol. The molecule has 0 bridgehead atoms. The van der Waals surface area contributed by atoms with Gasteiger partial charge < -0.3 is 9.73 Å². The van der Waals surface area contributed by atoms with E-state index in [2.05, 4.69) is 35.3 Å². The van der Waals surface area contributed by atoms with Crippen molar-refractivity contribution in [1.29, 1.82) is 0 Å². The monoisotopic (exact) mass is 304 g/mol. The lowest BCUT2D eigenvalue weighted by atomic mass is 10.6. The Morgan fingerprint density at radius 3 is 2.86 bits per heavy atom. The quantitative estimate of drug-likeness (QED) is 0.746. The van der Waals surface area contributed by atoms with Gasteiger partial charge in [-0.2, -0.15) is 24.7 Å². The molecule has 0 aliphatic rings. The first-order valence-electron chi connectivity index (χ1n) is 6.19. The van der Waals surface area contributed by atoms with E-state index >= 15 is 0 Å². The van der Waals surface area contributed by atoms with Gasteiger partial charge in [-0.1, -0.05) is 0 Å². The highest BCUT2D eigenvalue weighted by Gasteiger charge is 2.12. The number of nitrogens with one attached hydrogen (secondary N) is 1. The van der Waals surface area contributed by atoms with Crippen molar-refractivity contribution in [2.24, 2.45) is 0 Å². The van der Waals surface area contributed by atoms with E-state index in [9.17, 15) is 0 Å². The summed E-state index contributed by atoms with van der Waals surface area (Å²) in [5, 5.41) is 8.01. The number of hydrogen-bond donors (Lipinski definition) is 1. The molecule has 0 amide bonds. The molecule has 0 aliphatic carbocycles. The summed E-state index contributed by atoms with van der Waals surface area (Å²) in [4.78, 5) is 21.0. The highest BCUT2D eigenvalue weighted by molar-refractivity contribution is 7.98. The summed E-state index contributed by atoms with van der Waals surface area (Å²) >= 11 is 1.22. The van der Waals surface area contributed by atoms with Crippen LogP contribution in [0.5, 0.6) is 0 Å². The zero-order valence-electron chi connectivity index (χ0n) is 11.4. The molecule has 3 rings (SSSR count). The molecule has 0 fully saturated rings. The van der Waals surface area contributed by atoms with E-state index in [0.29, 0.717) is 28.8 Å². The van der Waals surface area contributed by atoms with Gasteiger partial charge in [0, 0.05) is 18.3 Å². The lowest BCUT2D eigenvalue weighted by Crippen LogP contribution is -2.09. The highest BCUT2D eigenvalue weighted by atomic mass is 32.2. The summed E-state index contributed by atoms with van der Waals surface area (Å²) < 4.78 is 6.76. The van der Waals surface area contributed by atoms with Gasteiger partial charge in [0.05, 0.1) is 5.69 Å². The molecule has 10 heteroatoms. The maximum atomic E-state index is 5.29.